The van der Waals surface area contributed by atoms with Crippen LogP contribution in [-0.2, 0) is 0 Å². The first kappa shape index (κ1) is 36.1. The number of anilines is 3. The molecule has 0 radical (unpaired) electrons. The highest BCUT2D eigenvalue weighted by Gasteiger charge is 2.20. The van der Waals surface area contributed by atoms with E-state index in [1.165, 1.54) is 54.8 Å². The summed E-state index contributed by atoms with van der Waals surface area (Å²) in [6, 6.07) is 85.1. The second-order valence-electron chi connectivity index (χ2n) is 16.5. The van der Waals surface area contributed by atoms with Gasteiger partial charge in [0, 0.05) is 60.8 Å². The molecule has 0 N–H and O–H groups in total. The van der Waals surface area contributed by atoms with Gasteiger partial charge in [-0.25, -0.2) is 0 Å². The number of aromatic nitrogens is 2. The molecule has 3 heterocycles. The Hall–Kier alpha value is -8.60. The Morgan fingerprint density at radius 1 is 0.281 bits per heavy atom. The van der Waals surface area contributed by atoms with E-state index in [2.05, 4.69) is 245 Å². The molecule has 0 amide bonds. The third-order valence-electron chi connectivity index (χ3n) is 12.9. The Morgan fingerprint density at radius 3 is 1.45 bits per heavy atom. The lowest BCUT2D eigenvalue weighted by Gasteiger charge is -2.26. The molecule has 0 atom stereocenters. The van der Waals surface area contributed by atoms with Crippen molar-refractivity contribution in [1.29, 1.82) is 0 Å². The fourth-order valence-corrected chi connectivity index (χ4v) is 9.99. The summed E-state index contributed by atoms with van der Waals surface area (Å²) in [6.45, 7) is 0. The summed E-state index contributed by atoms with van der Waals surface area (Å²) in [5.41, 5.74) is 16.8. The van der Waals surface area contributed by atoms with Crippen molar-refractivity contribution >= 4 is 82.6 Å². The van der Waals surface area contributed by atoms with Crippen LogP contribution in [0.4, 0.5) is 17.1 Å². The quantitative estimate of drug-likeness (QED) is 0.160. The number of para-hydroxylation sites is 4. The maximum atomic E-state index is 6.35. The first-order valence-corrected chi connectivity index (χ1v) is 21.8. The summed E-state index contributed by atoms with van der Waals surface area (Å²) in [6.07, 6.45) is 0. The molecule has 0 fully saturated rings. The first-order chi connectivity index (χ1) is 31.7. The standard InChI is InChI=1S/C60H39N3O/c1-3-13-40(14-4-1)41-23-28-45(29-24-41)61(46-30-25-42(26-31-46)43-27-36-55-52(39-43)49-17-7-10-20-53(49)62(55)44-15-5-2-6-16-44)47-32-34-48(35-33-47)63-54-21-11-8-18-50(54)59-56(63)37-38-58-60(59)51-19-9-12-22-57(51)64-58/h1-39H. The van der Waals surface area contributed by atoms with E-state index in [1.807, 2.05) is 6.07 Å². The minimum absolute atomic E-state index is 0.906. The van der Waals surface area contributed by atoms with Crippen LogP contribution in [0.3, 0.4) is 0 Å². The summed E-state index contributed by atoms with van der Waals surface area (Å²) in [7, 11) is 0. The number of furan rings is 1. The zero-order chi connectivity index (χ0) is 42.1. The SMILES string of the molecule is c1ccc(-c2ccc(N(c3ccc(-c4ccc5c(c4)c4ccccc4n5-c4ccccc4)cc3)c3ccc(-n4c5ccccc5c5c6c(ccc54)oc4ccccc46)cc3)cc2)cc1. The van der Waals surface area contributed by atoms with Gasteiger partial charge in [-0.05, 0) is 125 Å². The molecule has 0 spiro atoms. The average molecular weight is 818 g/mol. The molecule has 300 valence electrons. The Kier molecular flexibility index (Phi) is 8.18. The Morgan fingerprint density at radius 2 is 0.750 bits per heavy atom. The number of nitrogens with zero attached hydrogens (tertiary/aromatic N) is 3. The van der Waals surface area contributed by atoms with Crippen LogP contribution in [0.15, 0.2) is 241 Å². The summed E-state index contributed by atoms with van der Waals surface area (Å²) in [5.74, 6) is 0. The van der Waals surface area contributed by atoms with Crippen molar-refractivity contribution in [3.63, 3.8) is 0 Å². The van der Waals surface area contributed by atoms with E-state index in [0.717, 1.165) is 61.4 Å². The van der Waals surface area contributed by atoms with Gasteiger partial charge in [0.05, 0.1) is 22.1 Å². The fraction of sp³-hybridized carbons (Fsp3) is 0. The van der Waals surface area contributed by atoms with Gasteiger partial charge in [-0.2, -0.15) is 0 Å². The lowest BCUT2D eigenvalue weighted by atomic mass is 10.0. The number of rotatable bonds is 7. The predicted octanol–water partition coefficient (Wildman–Crippen LogP) is 16.6. The van der Waals surface area contributed by atoms with Gasteiger partial charge in [0.2, 0.25) is 0 Å². The molecule has 0 saturated heterocycles. The van der Waals surface area contributed by atoms with Crippen molar-refractivity contribution in [3.8, 4) is 33.6 Å². The van der Waals surface area contributed by atoms with Gasteiger partial charge in [0.25, 0.3) is 0 Å². The lowest BCUT2D eigenvalue weighted by molar-refractivity contribution is 0.669. The van der Waals surface area contributed by atoms with Gasteiger partial charge in [0.1, 0.15) is 11.2 Å². The molecule has 4 heteroatoms. The second kappa shape index (κ2) is 14.5. The molecule has 3 aromatic heterocycles. The highest BCUT2D eigenvalue weighted by molar-refractivity contribution is 6.27. The highest BCUT2D eigenvalue weighted by atomic mass is 16.3. The lowest BCUT2D eigenvalue weighted by Crippen LogP contribution is -2.10. The van der Waals surface area contributed by atoms with Gasteiger partial charge in [-0.15, -0.1) is 0 Å². The maximum absolute atomic E-state index is 6.35. The summed E-state index contributed by atoms with van der Waals surface area (Å²) >= 11 is 0. The van der Waals surface area contributed by atoms with E-state index in [1.54, 1.807) is 0 Å². The molecule has 13 rings (SSSR count). The molecule has 13 aromatic rings. The number of fused-ring (bicyclic) bond motifs is 10. The molecule has 4 nitrogen and oxygen atoms in total. The maximum Gasteiger partial charge on any atom is 0.136 e. The van der Waals surface area contributed by atoms with Crippen LogP contribution in [-0.4, -0.2) is 9.13 Å². The van der Waals surface area contributed by atoms with E-state index < -0.39 is 0 Å². The van der Waals surface area contributed by atoms with E-state index in [9.17, 15) is 0 Å². The van der Waals surface area contributed by atoms with Crippen LogP contribution in [0.25, 0.3) is 99.2 Å². The highest BCUT2D eigenvalue weighted by Crippen LogP contribution is 2.43. The van der Waals surface area contributed by atoms with Crippen LogP contribution in [0, 0.1) is 0 Å². The van der Waals surface area contributed by atoms with Gasteiger partial charge in [0.15, 0.2) is 0 Å². The number of benzene rings is 10. The minimum atomic E-state index is 0.906. The largest absolute Gasteiger partial charge is 0.456 e. The van der Waals surface area contributed by atoms with Gasteiger partial charge >= 0.3 is 0 Å². The van der Waals surface area contributed by atoms with Crippen molar-refractivity contribution in [3.05, 3.63) is 237 Å². The van der Waals surface area contributed by atoms with Crippen LogP contribution in [0.1, 0.15) is 0 Å². The van der Waals surface area contributed by atoms with Crippen molar-refractivity contribution in [1.82, 2.24) is 9.13 Å². The zero-order valence-corrected chi connectivity index (χ0v) is 34.8. The molecular formula is C60H39N3O. The monoisotopic (exact) mass is 817 g/mol. The molecule has 10 aromatic carbocycles. The van der Waals surface area contributed by atoms with Crippen molar-refractivity contribution in [2.24, 2.45) is 0 Å². The molecule has 0 aliphatic carbocycles. The van der Waals surface area contributed by atoms with Gasteiger partial charge < -0.3 is 18.5 Å². The van der Waals surface area contributed by atoms with Crippen molar-refractivity contribution < 1.29 is 4.42 Å². The normalized spacial score (nSPS) is 11.8. The van der Waals surface area contributed by atoms with Crippen LogP contribution in [0.2, 0.25) is 0 Å². The third-order valence-corrected chi connectivity index (χ3v) is 12.9. The number of hydrogen-bond donors (Lipinski definition) is 0. The summed E-state index contributed by atoms with van der Waals surface area (Å²) in [5, 5.41) is 7.21. The van der Waals surface area contributed by atoms with Gasteiger partial charge in [-0.3, -0.25) is 0 Å². The molecule has 0 unspecified atom stereocenters. The number of hydrogen-bond acceptors (Lipinski definition) is 2. The Bertz CT molecular complexity index is 3860. The molecule has 64 heavy (non-hydrogen) atoms. The average Bonchev–Trinajstić information content (AvgIpc) is 4.03. The predicted molar refractivity (Wildman–Crippen MR) is 268 cm³/mol. The summed E-state index contributed by atoms with van der Waals surface area (Å²) in [4.78, 5) is 2.35. The van der Waals surface area contributed by atoms with Gasteiger partial charge in [-0.1, -0.05) is 133 Å². The zero-order valence-electron chi connectivity index (χ0n) is 34.8. The van der Waals surface area contributed by atoms with E-state index in [4.69, 9.17) is 4.42 Å². The molecule has 0 bridgehead atoms. The Balaban J connectivity index is 0.914. The first-order valence-electron chi connectivity index (χ1n) is 21.8. The second-order valence-corrected chi connectivity index (χ2v) is 16.5. The van der Waals surface area contributed by atoms with Crippen molar-refractivity contribution in [2.75, 3.05) is 4.90 Å². The van der Waals surface area contributed by atoms with Crippen LogP contribution < -0.4 is 4.90 Å². The Labute approximate surface area is 369 Å². The van der Waals surface area contributed by atoms with Crippen molar-refractivity contribution in [2.45, 2.75) is 0 Å². The smallest absolute Gasteiger partial charge is 0.136 e. The molecule has 0 aliphatic heterocycles. The summed E-state index contributed by atoms with van der Waals surface area (Å²) < 4.78 is 11.1. The van der Waals surface area contributed by atoms with E-state index in [0.29, 0.717) is 0 Å². The molecule has 0 saturated carbocycles. The molecular weight excluding hydrogens is 779 g/mol. The van der Waals surface area contributed by atoms with Crippen LogP contribution in [0.5, 0.6) is 0 Å². The molecule has 0 aliphatic rings. The minimum Gasteiger partial charge on any atom is -0.456 e. The fourth-order valence-electron chi connectivity index (χ4n) is 9.99. The topological polar surface area (TPSA) is 26.2 Å². The third kappa shape index (κ3) is 5.70. The van der Waals surface area contributed by atoms with Crippen LogP contribution >= 0.6 is 0 Å². The van der Waals surface area contributed by atoms with E-state index in [-0.39, 0.29) is 0 Å². The van der Waals surface area contributed by atoms with E-state index >= 15 is 0 Å².